The molecule has 1 aliphatic heterocycles. The fraction of sp³-hybridized carbons (Fsp3) is 0.156. The van der Waals surface area contributed by atoms with E-state index in [1.165, 1.54) is 66.1 Å². The van der Waals surface area contributed by atoms with Crippen molar-refractivity contribution in [1.29, 1.82) is 0 Å². The fourth-order valence-electron chi connectivity index (χ4n) is 9.48. The summed E-state index contributed by atoms with van der Waals surface area (Å²) >= 11 is 13.2. The molecular weight excluding hydrogens is 1770 g/mol. The van der Waals surface area contributed by atoms with Crippen LogP contribution in [0.2, 0.25) is 0 Å². The van der Waals surface area contributed by atoms with Gasteiger partial charge in [0.25, 0.3) is 12.9 Å². The number of ether oxygens (including phenoxy) is 2. The van der Waals surface area contributed by atoms with Crippen molar-refractivity contribution in [2.24, 2.45) is 10.2 Å². The number of terminal acetylenes is 1. The Morgan fingerprint density at radius 3 is 1.36 bits per heavy atom. The van der Waals surface area contributed by atoms with Crippen LogP contribution in [0.5, 0.6) is 17.2 Å². The molecule has 7 aromatic carbocycles. The molecule has 0 saturated carbocycles. The molecule has 6 heterocycles. The minimum Gasteiger partial charge on any atom is -1.00 e. The summed E-state index contributed by atoms with van der Waals surface area (Å²) in [5.41, 5.74) is 9.17. The third kappa shape index (κ3) is 35.8. The zero-order valence-electron chi connectivity index (χ0n) is 63.6. The molecular formula is C77H68BBr3K4N3O23S. The summed E-state index contributed by atoms with van der Waals surface area (Å²) in [5, 5.41) is 37.8. The second-order valence-corrected chi connectivity index (χ2v) is 23.7. The molecule has 2 amide bonds. The molecule has 112 heavy (non-hydrogen) atoms. The van der Waals surface area contributed by atoms with E-state index in [-0.39, 0.29) is 264 Å². The summed E-state index contributed by atoms with van der Waals surface area (Å²) < 4.78 is 44.3. The average molecular weight is 1840 g/mol. The van der Waals surface area contributed by atoms with E-state index >= 15 is 0 Å². The topological polar surface area (TPSA) is 393 Å². The number of alkyl halides is 3. The third-order valence-electron chi connectivity index (χ3n) is 14.7. The van der Waals surface area contributed by atoms with Gasteiger partial charge in [0.05, 0.1) is 0 Å². The van der Waals surface area contributed by atoms with E-state index in [0.29, 0.717) is 73.8 Å². The summed E-state index contributed by atoms with van der Waals surface area (Å²) in [7, 11) is 4.34. The van der Waals surface area contributed by atoms with Crippen LogP contribution in [0.1, 0.15) is 68.1 Å². The number of esters is 2. The van der Waals surface area contributed by atoms with E-state index in [1.54, 1.807) is 48.5 Å². The molecule has 1 atom stereocenters. The molecule has 35 heteroatoms. The normalized spacial score (nSPS) is 10.7. The van der Waals surface area contributed by atoms with Crippen molar-refractivity contribution in [2.45, 2.75) is 70.1 Å². The molecule has 563 valence electrons. The van der Waals surface area contributed by atoms with Crippen LogP contribution in [0, 0.1) is 39.5 Å². The number of fused-ring (bicyclic) bond motifs is 6. The zero-order valence-corrected chi connectivity index (χ0v) is 78.8. The Balaban J connectivity index is -0.00000132. The molecule has 13 rings (SSSR count). The van der Waals surface area contributed by atoms with Gasteiger partial charge in [0.1, 0.15) is 58.9 Å². The Hall–Kier alpha value is -5.11. The number of nitrogens with one attached hydrogen (secondary N) is 2. The number of phenols is 1. The van der Waals surface area contributed by atoms with Crippen LogP contribution in [0.4, 0.5) is 0 Å². The van der Waals surface area contributed by atoms with Gasteiger partial charge in [0.2, 0.25) is 11.8 Å². The van der Waals surface area contributed by atoms with Crippen molar-refractivity contribution in [3.8, 4) is 30.1 Å². The van der Waals surface area contributed by atoms with E-state index in [1.807, 2.05) is 106 Å². The molecule has 12 aromatic rings. The first-order valence-electron chi connectivity index (χ1n) is 31.4. The second kappa shape index (κ2) is 57.9. The van der Waals surface area contributed by atoms with Gasteiger partial charge in [-0.15, -0.1) is 12.8 Å². The van der Waals surface area contributed by atoms with Crippen LogP contribution < -0.4 is 264 Å². The molecule has 1 unspecified atom stereocenters. The van der Waals surface area contributed by atoms with Gasteiger partial charge in [-0.3, -0.25) is 28.8 Å². The molecule has 1 radical (unpaired) electrons. The Labute approximate surface area is 846 Å². The monoisotopic (exact) mass is 1840 g/mol. The first-order chi connectivity index (χ1) is 51.9. The molecule has 0 saturated heterocycles. The minimum absolute atomic E-state index is 0. The Kier molecular flexibility index (Phi) is 54.2. The van der Waals surface area contributed by atoms with Crippen molar-refractivity contribution in [1.82, 2.24) is 10.6 Å². The Bertz CT molecular complexity index is 5390. The van der Waals surface area contributed by atoms with Gasteiger partial charge >= 0.3 is 270 Å². The molecule has 0 bridgehead atoms. The predicted molar refractivity (Wildman–Crippen MR) is 416 cm³/mol. The number of phenolic OH excluding ortho intramolecular Hbond substituents is 1. The van der Waals surface area contributed by atoms with Crippen LogP contribution in [-0.2, 0) is 74.0 Å². The maximum atomic E-state index is 12.4. The molecule has 3 N–H and O–H groups in total. The Morgan fingerprint density at radius 1 is 0.571 bits per heavy atom. The summed E-state index contributed by atoms with van der Waals surface area (Å²) in [6.45, 7) is 6.37. The van der Waals surface area contributed by atoms with E-state index < -0.39 is 47.1 Å². The van der Waals surface area contributed by atoms with Crippen LogP contribution in [0.3, 0.4) is 0 Å². The number of hydrogen-bond donors (Lipinski definition) is 4. The first-order valence-corrected chi connectivity index (χ1v) is 34.7. The van der Waals surface area contributed by atoms with Gasteiger partial charge in [-0.05, 0) is 139 Å². The number of benzene rings is 7. The summed E-state index contributed by atoms with van der Waals surface area (Å²) in [6.07, 6.45) is 5.59. The summed E-state index contributed by atoms with van der Waals surface area (Å²) in [4.78, 5) is 127. The standard InChI is InChI=1S/C20H16BrNO5.C20H15NO5.C11H9BrO2.C11H10O2.C10H7BrO3.C2H2.2CH2O3.CH4.BHNS.4K.2H/c21-11-15-8-14-6-7-19(24)26-16(14)9-17(15)27-20(25)10-18(23)22-12-13-4-2-1-3-5-13;22-18-7-6-13-8-14-9-15(20(24)26-17(14)10-16(13)25-18)19(23)21-11-12-4-2-1-3-5-12;1-7-4-10-8(5-9(7)6-12)2-3-11(13)14-10;1-7-5-9-3-4-11(12)13-10(9)6-8(7)2;11-5-7-3-6-1-2-10(13)14-9(6)4-8(7)12;1-2;2*2-1-4-3;;1-2-3;;;;;;/h1-9H,10-12H2,(H,22,23);1-8,10,15H,9,11H2,(H,21,23);2-5H,6H2,1H3;3-6H,1-2H3;1-4,12H,5H2;1-2H;2*1,3H;1H4;3H;;;;;;/q;;;;;;;;;;4*+1;2*-1/p-2/i;;;;;1D;;;;;;;;;;. The largest absolute Gasteiger partial charge is 1.00 e. The maximum Gasteiger partial charge on any atom is 1.00 e. The van der Waals surface area contributed by atoms with Crippen LogP contribution in [0.25, 0.3) is 54.8 Å². The summed E-state index contributed by atoms with van der Waals surface area (Å²) in [6, 6.07) is 51.9. The number of halogens is 3. The zero-order chi connectivity index (χ0) is 79.2. The predicted octanol–water partition coefficient (Wildman–Crippen LogP) is -0.534. The van der Waals surface area contributed by atoms with E-state index in [2.05, 4.69) is 99.4 Å². The number of rotatable bonds is 13. The van der Waals surface area contributed by atoms with Crippen molar-refractivity contribution in [2.75, 3.05) is 0 Å². The smallest absolute Gasteiger partial charge is 1.00 e. The third-order valence-corrected chi connectivity index (χ3v) is 16.5. The molecule has 0 fully saturated rings. The second-order valence-electron chi connectivity index (χ2n) is 21.8. The van der Waals surface area contributed by atoms with Crippen LogP contribution in [0.15, 0.2) is 232 Å². The number of aromatic hydroxyl groups is 1. The van der Waals surface area contributed by atoms with Gasteiger partial charge in [-0.25, -0.2) is 24.0 Å². The molecule has 1 aliphatic rings. The number of nitrogens with zero attached hydrogens (tertiary/aromatic N) is 1. The van der Waals surface area contributed by atoms with Crippen molar-refractivity contribution in [3.63, 3.8) is 0 Å². The maximum absolute atomic E-state index is 12.4. The van der Waals surface area contributed by atoms with Gasteiger partial charge in [-0.1, -0.05) is 116 Å². The van der Waals surface area contributed by atoms with Crippen molar-refractivity contribution >= 4 is 160 Å². The Morgan fingerprint density at radius 2 is 0.929 bits per heavy atom. The number of aryl methyl sites for hydroxylation is 3. The number of carbonyl (C=O) groups is 6. The van der Waals surface area contributed by atoms with E-state index in [0.717, 1.165) is 54.9 Å². The number of hydrogen-bond acceptors (Lipinski definition) is 25. The number of carbonyl (C=O) groups excluding carboxylic acids is 6. The van der Waals surface area contributed by atoms with E-state index in [4.69, 9.17) is 53.0 Å². The van der Waals surface area contributed by atoms with Gasteiger partial charge < -0.3 is 70.4 Å². The minimum atomic E-state index is -0.903. The van der Waals surface area contributed by atoms with Crippen LogP contribution in [-0.4, -0.2) is 49.4 Å². The van der Waals surface area contributed by atoms with Gasteiger partial charge in [0.15, 0.2) is 0 Å². The van der Waals surface area contributed by atoms with Crippen molar-refractivity contribution < 1.29 is 295 Å². The van der Waals surface area contributed by atoms with Crippen molar-refractivity contribution in [3.05, 3.63) is 284 Å². The van der Waals surface area contributed by atoms with Gasteiger partial charge in [0, 0.05) is 116 Å². The number of amides is 2. The van der Waals surface area contributed by atoms with Gasteiger partial charge in [-0.2, -0.15) is 0 Å². The molecule has 5 aromatic heterocycles. The summed E-state index contributed by atoms with van der Waals surface area (Å²) in [5.74, 6) is -2.32. The SMILES string of the molecule is C.Cc1cc2ccc(=O)oc2cc1C.Cc1cc2oc(=O)ccc2cc1CBr.O=C(CC(=O)Oc1cc2oc(=O)ccc2cc1CBr)NCc1ccccc1.O=C(NCc1ccccc1)C1Cc2cc3ccc(=O)oc3cc2OC1=O.O=CO[O-].O=CO[O-].O=c1ccc2cc(CBr)c(O)cc2o1.[2H]C#C.[B]=NS.[H-].[H-].[K+].[K+].[K+].[K+]. The number of thiol groups is 1. The quantitative estimate of drug-likeness (QED) is 0.00963. The van der Waals surface area contributed by atoms with Crippen LogP contribution >= 0.6 is 60.6 Å². The fourth-order valence-corrected chi connectivity index (χ4v) is 11.0. The molecule has 0 aliphatic carbocycles. The first kappa shape index (κ1) is 105. The molecule has 26 nitrogen and oxygen atoms in total. The molecule has 0 spiro atoms. The van der Waals surface area contributed by atoms with E-state index in [9.17, 15) is 48.3 Å². The average Bonchev–Trinajstić information content (AvgIpc) is 0.781.